The molecule has 0 fully saturated rings. The molecule has 2 aromatic heterocycles. The lowest BCUT2D eigenvalue weighted by molar-refractivity contribution is -0.116. The van der Waals surface area contributed by atoms with Crippen LogP contribution >= 0.6 is 0 Å². The number of aryl methyl sites for hydroxylation is 1. The van der Waals surface area contributed by atoms with Crippen LogP contribution in [-0.2, 0) is 27.6 Å². The molecule has 0 saturated heterocycles. The molecule has 176 valence electrons. The summed E-state index contributed by atoms with van der Waals surface area (Å²) in [7, 11) is -3.85. The number of carbonyl (C=O) groups excluding carboxylic acids is 1. The van der Waals surface area contributed by atoms with Gasteiger partial charge < -0.3 is 9.09 Å². The van der Waals surface area contributed by atoms with E-state index in [2.05, 4.69) is 29.4 Å². The Hall–Kier alpha value is -3.97. The van der Waals surface area contributed by atoms with Crippen molar-refractivity contribution in [1.82, 2.24) is 9.72 Å². The van der Waals surface area contributed by atoms with Gasteiger partial charge in [0, 0.05) is 29.7 Å². The maximum absolute atomic E-state index is 13.3. The van der Waals surface area contributed by atoms with Gasteiger partial charge in [-0.1, -0.05) is 71.9 Å². The molecule has 0 N–H and O–H groups in total. The molecule has 0 aliphatic rings. The van der Waals surface area contributed by atoms with Crippen LogP contribution in [0.4, 0.5) is 0 Å². The van der Waals surface area contributed by atoms with Crippen LogP contribution < -0.4 is 0 Å². The molecule has 5 aromatic rings. The van der Waals surface area contributed by atoms with Crippen LogP contribution in [0.2, 0.25) is 0 Å². The van der Waals surface area contributed by atoms with Crippen molar-refractivity contribution in [2.24, 2.45) is 0 Å². The zero-order valence-corrected chi connectivity index (χ0v) is 20.0. The molecular formula is C28H24N2O4S. The molecule has 0 spiro atoms. The Morgan fingerprint density at radius 1 is 0.914 bits per heavy atom. The van der Waals surface area contributed by atoms with Gasteiger partial charge in [-0.05, 0) is 35.7 Å². The number of Topliss-reactive ketones (excluding diaryl/α,β-unsaturated/α-hetero) is 1. The standard InChI is InChI=1S/C28H24N2O4S/c1-20-14-24(29-34-20)16-25(31)19-35(32,33)28-18-30(27-13-6-5-12-26(27)28)17-21-8-7-11-23(15-21)22-9-3-2-4-10-22/h2-15,18H,16-17,19H2,1H3. The third kappa shape index (κ3) is 4.95. The molecule has 0 amide bonds. The van der Waals surface area contributed by atoms with Gasteiger partial charge in [-0.15, -0.1) is 0 Å². The molecule has 6 nitrogen and oxygen atoms in total. The minimum Gasteiger partial charge on any atom is -0.361 e. The quantitative estimate of drug-likeness (QED) is 0.301. The largest absolute Gasteiger partial charge is 0.361 e. The van der Waals surface area contributed by atoms with Gasteiger partial charge in [0.2, 0.25) is 0 Å². The van der Waals surface area contributed by atoms with E-state index < -0.39 is 21.4 Å². The summed E-state index contributed by atoms with van der Waals surface area (Å²) in [6.07, 6.45) is 1.56. The first-order valence-corrected chi connectivity index (χ1v) is 12.9. The summed E-state index contributed by atoms with van der Waals surface area (Å²) in [5.74, 6) is -0.433. The average molecular weight is 485 g/mol. The predicted molar refractivity (Wildman–Crippen MR) is 135 cm³/mol. The highest BCUT2D eigenvalue weighted by atomic mass is 32.2. The minimum atomic E-state index is -3.85. The third-order valence-electron chi connectivity index (χ3n) is 5.88. The molecule has 3 aromatic carbocycles. The number of nitrogens with zero attached hydrogens (tertiary/aromatic N) is 2. The number of benzene rings is 3. The topological polar surface area (TPSA) is 82.2 Å². The van der Waals surface area contributed by atoms with Gasteiger partial charge in [-0.2, -0.15) is 0 Å². The Labute approximate surface area is 203 Å². The maximum atomic E-state index is 13.3. The van der Waals surface area contributed by atoms with Gasteiger partial charge >= 0.3 is 0 Å². The molecule has 0 atom stereocenters. The number of para-hydroxylation sites is 1. The summed E-state index contributed by atoms with van der Waals surface area (Å²) in [5, 5.41) is 4.40. The van der Waals surface area contributed by atoms with Crippen LogP contribution in [0.15, 0.2) is 101 Å². The Balaban J connectivity index is 1.44. The Morgan fingerprint density at radius 2 is 1.66 bits per heavy atom. The number of fused-ring (bicyclic) bond motifs is 1. The maximum Gasteiger partial charge on any atom is 0.187 e. The fourth-order valence-corrected chi connectivity index (χ4v) is 5.79. The molecule has 7 heteroatoms. The first-order valence-electron chi connectivity index (χ1n) is 11.3. The smallest absolute Gasteiger partial charge is 0.187 e. The van der Waals surface area contributed by atoms with Crippen molar-refractivity contribution in [3.05, 3.63) is 108 Å². The Kier molecular flexibility index (Phi) is 6.09. The van der Waals surface area contributed by atoms with E-state index in [-0.39, 0.29) is 11.3 Å². The first-order chi connectivity index (χ1) is 16.9. The van der Waals surface area contributed by atoms with Gasteiger partial charge in [0.15, 0.2) is 15.6 Å². The van der Waals surface area contributed by atoms with Gasteiger partial charge in [0.1, 0.15) is 11.5 Å². The van der Waals surface area contributed by atoms with Crippen molar-refractivity contribution in [2.75, 3.05) is 5.75 Å². The van der Waals surface area contributed by atoms with E-state index in [1.165, 1.54) is 0 Å². The second kappa shape index (κ2) is 9.35. The Morgan fingerprint density at radius 3 is 2.43 bits per heavy atom. The first kappa shape index (κ1) is 22.8. The summed E-state index contributed by atoms with van der Waals surface area (Å²) in [6.45, 7) is 2.23. The summed E-state index contributed by atoms with van der Waals surface area (Å²) in [4.78, 5) is 12.7. The minimum absolute atomic E-state index is 0.0819. The summed E-state index contributed by atoms with van der Waals surface area (Å²) < 4.78 is 33.5. The number of rotatable bonds is 8. The highest BCUT2D eigenvalue weighted by Gasteiger charge is 2.25. The predicted octanol–water partition coefficient (Wildman–Crippen LogP) is 5.24. The molecule has 0 unspecified atom stereocenters. The van der Waals surface area contributed by atoms with Crippen molar-refractivity contribution in [3.63, 3.8) is 0 Å². The summed E-state index contributed by atoms with van der Waals surface area (Å²) >= 11 is 0. The molecule has 0 aliphatic carbocycles. The average Bonchev–Trinajstić information content (AvgIpc) is 3.43. The SMILES string of the molecule is Cc1cc(CC(=O)CS(=O)(=O)c2cn(Cc3cccc(-c4ccccc4)c3)c3ccccc23)no1. The van der Waals surface area contributed by atoms with E-state index in [1.807, 2.05) is 53.1 Å². The number of hydrogen-bond acceptors (Lipinski definition) is 5. The third-order valence-corrected chi connectivity index (χ3v) is 7.58. The number of sulfone groups is 1. The summed E-state index contributed by atoms with van der Waals surface area (Å²) in [6, 6.07) is 27.3. The highest BCUT2D eigenvalue weighted by Crippen LogP contribution is 2.28. The van der Waals surface area contributed by atoms with Crippen LogP contribution in [-0.4, -0.2) is 29.7 Å². The van der Waals surface area contributed by atoms with E-state index in [9.17, 15) is 13.2 Å². The lowest BCUT2D eigenvalue weighted by atomic mass is 10.0. The number of carbonyl (C=O) groups is 1. The van der Waals surface area contributed by atoms with Crippen molar-refractivity contribution >= 4 is 26.5 Å². The lowest BCUT2D eigenvalue weighted by Crippen LogP contribution is -2.18. The van der Waals surface area contributed by atoms with E-state index in [0.29, 0.717) is 23.4 Å². The van der Waals surface area contributed by atoms with Crippen LogP contribution in [0.1, 0.15) is 17.0 Å². The van der Waals surface area contributed by atoms with Crippen LogP contribution in [0, 0.1) is 6.92 Å². The van der Waals surface area contributed by atoms with Gasteiger partial charge in [0.25, 0.3) is 0 Å². The summed E-state index contributed by atoms with van der Waals surface area (Å²) in [5.41, 5.74) is 4.50. The molecule has 0 saturated carbocycles. The fourth-order valence-electron chi connectivity index (χ4n) is 4.31. The molecular weight excluding hydrogens is 460 g/mol. The van der Waals surface area contributed by atoms with E-state index in [0.717, 1.165) is 22.2 Å². The van der Waals surface area contributed by atoms with E-state index in [1.54, 1.807) is 25.3 Å². The Bertz CT molecular complexity index is 1620. The van der Waals surface area contributed by atoms with Gasteiger partial charge in [-0.3, -0.25) is 4.79 Å². The van der Waals surface area contributed by atoms with Crippen LogP contribution in [0.3, 0.4) is 0 Å². The zero-order chi connectivity index (χ0) is 24.4. The number of ketones is 1. The second-order valence-corrected chi connectivity index (χ2v) is 10.6. The van der Waals surface area contributed by atoms with Gasteiger partial charge in [0.05, 0.1) is 17.0 Å². The molecule has 0 bridgehead atoms. The van der Waals surface area contributed by atoms with Crippen LogP contribution in [0.5, 0.6) is 0 Å². The second-order valence-electron chi connectivity index (χ2n) is 8.61. The fraction of sp³-hybridized carbons (Fsp3) is 0.143. The normalized spacial score (nSPS) is 11.7. The molecule has 0 aliphatic heterocycles. The number of hydrogen-bond donors (Lipinski definition) is 0. The van der Waals surface area contributed by atoms with Gasteiger partial charge in [-0.25, -0.2) is 8.42 Å². The lowest BCUT2D eigenvalue weighted by Gasteiger charge is -2.08. The van der Waals surface area contributed by atoms with E-state index >= 15 is 0 Å². The zero-order valence-electron chi connectivity index (χ0n) is 19.2. The molecule has 35 heavy (non-hydrogen) atoms. The van der Waals surface area contributed by atoms with Crippen molar-refractivity contribution in [3.8, 4) is 11.1 Å². The molecule has 2 heterocycles. The van der Waals surface area contributed by atoms with E-state index in [4.69, 9.17) is 4.52 Å². The molecule has 0 radical (unpaired) electrons. The van der Waals surface area contributed by atoms with Crippen molar-refractivity contribution in [2.45, 2.75) is 24.8 Å². The number of aromatic nitrogens is 2. The van der Waals surface area contributed by atoms with Crippen molar-refractivity contribution in [1.29, 1.82) is 0 Å². The molecule has 5 rings (SSSR count). The highest BCUT2D eigenvalue weighted by molar-refractivity contribution is 7.92. The van der Waals surface area contributed by atoms with Crippen molar-refractivity contribution < 1.29 is 17.7 Å². The van der Waals surface area contributed by atoms with Crippen LogP contribution in [0.25, 0.3) is 22.0 Å². The monoisotopic (exact) mass is 484 g/mol.